The lowest BCUT2D eigenvalue weighted by Gasteiger charge is -2.58. The van der Waals surface area contributed by atoms with E-state index in [4.69, 9.17) is 0 Å². The average molecular weight is 313 g/mol. The van der Waals surface area contributed by atoms with Gasteiger partial charge in [0.05, 0.1) is 12.2 Å². The van der Waals surface area contributed by atoms with Crippen LogP contribution in [0.4, 0.5) is 0 Å². The number of carbonyl (C=O) groups is 1. The van der Waals surface area contributed by atoms with Gasteiger partial charge in [0, 0.05) is 18.3 Å². The predicted molar refractivity (Wildman–Crippen MR) is 87.3 cm³/mol. The maximum atomic E-state index is 11.8. The molecule has 4 rings (SSSR count). The van der Waals surface area contributed by atoms with Gasteiger partial charge >= 0.3 is 0 Å². The minimum Gasteiger partial charge on any atom is -0.393 e. The van der Waals surface area contributed by atoms with Crippen LogP contribution in [-0.2, 0) is 4.79 Å². The van der Waals surface area contributed by atoms with E-state index in [2.05, 4.69) is 13.0 Å². The fourth-order valence-electron chi connectivity index (χ4n) is 6.83. The molecule has 1 N–H and O–H groups in total. The summed E-state index contributed by atoms with van der Waals surface area (Å²) in [7, 11) is 0. The molecule has 0 amide bonds. The van der Waals surface area contributed by atoms with E-state index in [9.17, 15) is 15.2 Å². The first-order valence-electron chi connectivity index (χ1n) is 9.30. The number of rotatable bonds is 1. The second-order valence-corrected chi connectivity index (χ2v) is 8.67. The van der Waals surface area contributed by atoms with Gasteiger partial charge < -0.3 is 5.11 Å². The van der Waals surface area contributed by atoms with E-state index < -0.39 is 0 Å². The van der Waals surface area contributed by atoms with Crippen molar-refractivity contribution in [3.63, 3.8) is 0 Å². The van der Waals surface area contributed by atoms with Gasteiger partial charge in [-0.15, -0.1) is 0 Å². The third-order valence-corrected chi connectivity index (χ3v) is 8.04. The molecule has 0 bridgehead atoms. The summed E-state index contributed by atoms with van der Waals surface area (Å²) in [6.45, 7) is 2.38. The Morgan fingerprint density at radius 2 is 2.04 bits per heavy atom. The van der Waals surface area contributed by atoms with Crippen LogP contribution in [0.15, 0.2) is 11.6 Å². The summed E-state index contributed by atoms with van der Waals surface area (Å²) in [5, 5.41) is 20.0. The lowest BCUT2D eigenvalue weighted by molar-refractivity contribution is -0.118. The zero-order chi connectivity index (χ0) is 16.2. The third kappa shape index (κ3) is 2.00. The summed E-state index contributed by atoms with van der Waals surface area (Å²) in [6, 6.07) is 2.38. The standard InChI is InChI=1S/C20H27NO2/c1-19-8-6-14(22)12-13(19)2-3-15-16(19)7-9-20(10-11-21)17(15)4-5-18(20)23/h12,15-18,23H,2-10H2,1H3/t15-,16+,17+,18?,19+,20-/m1/s1. The average Bonchev–Trinajstić information content (AvgIpc) is 2.86. The highest BCUT2D eigenvalue weighted by atomic mass is 16.3. The molecule has 0 radical (unpaired) electrons. The van der Waals surface area contributed by atoms with Crippen LogP contribution in [0.25, 0.3) is 0 Å². The third-order valence-electron chi connectivity index (χ3n) is 8.04. The molecule has 0 aliphatic heterocycles. The molecule has 4 aliphatic rings. The summed E-state index contributed by atoms with van der Waals surface area (Å²) >= 11 is 0. The molecule has 3 fully saturated rings. The van der Waals surface area contributed by atoms with E-state index in [1.165, 1.54) is 5.57 Å². The van der Waals surface area contributed by atoms with Gasteiger partial charge in [0.2, 0.25) is 0 Å². The molecule has 3 saturated carbocycles. The molecule has 6 atom stereocenters. The molecule has 0 spiro atoms. The second kappa shape index (κ2) is 5.18. The van der Waals surface area contributed by atoms with E-state index in [0.717, 1.165) is 44.9 Å². The molecule has 124 valence electrons. The topological polar surface area (TPSA) is 61.1 Å². The molecule has 1 unspecified atom stereocenters. The molecule has 3 heteroatoms. The van der Waals surface area contributed by atoms with Crippen LogP contribution in [0.1, 0.15) is 64.7 Å². The van der Waals surface area contributed by atoms with E-state index in [-0.39, 0.29) is 16.9 Å². The molecular formula is C20H27NO2. The number of nitriles is 1. The summed E-state index contributed by atoms with van der Waals surface area (Å²) in [5.41, 5.74) is 1.43. The lowest BCUT2D eigenvalue weighted by Crippen LogP contribution is -2.52. The number of ketones is 1. The highest BCUT2D eigenvalue weighted by Gasteiger charge is 2.60. The van der Waals surface area contributed by atoms with Crippen LogP contribution >= 0.6 is 0 Å². The fraction of sp³-hybridized carbons (Fsp3) is 0.800. The zero-order valence-corrected chi connectivity index (χ0v) is 14.1. The number of carbonyl (C=O) groups excluding carboxylic acids is 1. The van der Waals surface area contributed by atoms with Crippen molar-refractivity contribution in [1.29, 1.82) is 5.26 Å². The van der Waals surface area contributed by atoms with Crippen molar-refractivity contribution in [3.05, 3.63) is 11.6 Å². The molecule has 0 aromatic heterocycles. The van der Waals surface area contributed by atoms with Crippen LogP contribution in [0.5, 0.6) is 0 Å². The quantitative estimate of drug-likeness (QED) is 0.801. The predicted octanol–water partition coefficient (Wildman–Crippen LogP) is 3.77. The lowest BCUT2D eigenvalue weighted by atomic mass is 9.46. The van der Waals surface area contributed by atoms with Gasteiger partial charge in [0.1, 0.15) is 0 Å². The van der Waals surface area contributed by atoms with E-state index in [0.29, 0.717) is 36.4 Å². The first kappa shape index (κ1) is 15.4. The van der Waals surface area contributed by atoms with E-state index in [1.807, 2.05) is 6.08 Å². The highest BCUT2D eigenvalue weighted by Crippen LogP contribution is 2.66. The normalized spacial score (nSPS) is 48.7. The smallest absolute Gasteiger partial charge is 0.155 e. The Morgan fingerprint density at radius 3 is 2.83 bits per heavy atom. The molecule has 4 aliphatic carbocycles. The van der Waals surface area contributed by atoms with Crippen LogP contribution in [0.3, 0.4) is 0 Å². The van der Waals surface area contributed by atoms with Crippen molar-refractivity contribution in [2.75, 3.05) is 0 Å². The molecule has 23 heavy (non-hydrogen) atoms. The van der Waals surface area contributed by atoms with Crippen molar-refractivity contribution in [3.8, 4) is 6.07 Å². The fourth-order valence-corrected chi connectivity index (χ4v) is 6.83. The Bertz CT molecular complexity index is 603. The summed E-state index contributed by atoms with van der Waals surface area (Å²) in [4.78, 5) is 11.8. The van der Waals surface area contributed by atoms with Crippen molar-refractivity contribution in [1.82, 2.24) is 0 Å². The Hall–Kier alpha value is -1.14. The Morgan fingerprint density at radius 1 is 1.22 bits per heavy atom. The number of nitrogens with zero attached hydrogens (tertiary/aromatic N) is 1. The van der Waals surface area contributed by atoms with Crippen molar-refractivity contribution >= 4 is 5.78 Å². The largest absolute Gasteiger partial charge is 0.393 e. The summed E-state index contributed by atoms with van der Waals surface area (Å²) < 4.78 is 0. The van der Waals surface area contributed by atoms with Gasteiger partial charge in [-0.2, -0.15) is 5.26 Å². The molecule has 0 aromatic rings. The summed E-state index contributed by atoms with van der Waals surface area (Å²) in [6.07, 6.45) is 10.1. The number of hydrogen-bond donors (Lipinski definition) is 1. The maximum Gasteiger partial charge on any atom is 0.155 e. The number of hydrogen-bond acceptors (Lipinski definition) is 3. The SMILES string of the molecule is C[C@]12CCC(=O)C=C1CC[C@H]1[C@@H]3CCC(O)[C@@]3(CC#N)CC[C@@H]12. The maximum absolute atomic E-state index is 11.8. The van der Waals surface area contributed by atoms with Crippen LogP contribution in [-0.4, -0.2) is 17.0 Å². The first-order valence-corrected chi connectivity index (χ1v) is 9.30. The molecule has 0 heterocycles. The first-order chi connectivity index (χ1) is 11.0. The van der Waals surface area contributed by atoms with Gasteiger partial charge in [-0.25, -0.2) is 0 Å². The van der Waals surface area contributed by atoms with E-state index >= 15 is 0 Å². The van der Waals surface area contributed by atoms with Crippen molar-refractivity contribution < 1.29 is 9.90 Å². The molecular weight excluding hydrogens is 286 g/mol. The molecule has 0 saturated heterocycles. The van der Waals surface area contributed by atoms with Gasteiger partial charge in [-0.3, -0.25) is 4.79 Å². The van der Waals surface area contributed by atoms with Gasteiger partial charge in [0.15, 0.2) is 5.78 Å². The number of aliphatic hydroxyl groups excluding tert-OH is 1. The van der Waals surface area contributed by atoms with Gasteiger partial charge in [-0.05, 0) is 74.2 Å². The molecule has 3 nitrogen and oxygen atoms in total. The van der Waals surface area contributed by atoms with Crippen LogP contribution in [0, 0.1) is 39.9 Å². The Balaban J connectivity index is 1.69. The highest BCUT2D eigenvalue weighted by molar-refractivity contribution is 5.91. The van der Waals surface area contributed by atoms with Crippen LogP contribution < -0.4 is 0 Å². The Labute approximate surface area is 138 Å². The molecule has 0 aromatic carbocycles. The van der Waals surface area contributed by atoms with Gasteiger partial charge in [0.25, 0.3) is 0 Å². The van der Waals surface area contributed by atoms with Gasteiger partial charge in [-0.1, -0.05) is 12.5 Å². The minimum absolute atomic E-state index is 0.141. The summed E-state index contributed by atoms with van der Waals surface area (Å²) in [5.74, 6) is 2.08. The van der Waals surface area contributed by atoms with E-state index in [1.54, 1.807) is 0 Å². The Kier molecular flexibility index (Phi) is 3.47. The number of aliphatic hydroxyl groups is 1. The van der Waals surface area contributed by atoms with Crippen molar-refractivity contribution in [2.45, 2.75) is 70.8 Å². The number of fused-ring (bicyclic) bond motifs is 5. The van der Waals surface area contributed by atoms with Crippen molar-refractivity contribution in [2.24, 2.45) is 28.6 Å². The minimum atomic E-state index is -0.286. The monoisotopic (exact) mass is 313 g/mol. The zero-order valence-electron chi connectivity index (χ0n) is 14.1. The second-order valence-electron chi connectivity index (χ2n) is 8.67. The number of allylic oxidation sites excluding steroid dienone is 1. The van der Waals surface area contributed by atoms with Crippen LogP contribution in [0.2, 0.25) is 0 Å².